The molecule has 0 aliphatic carbocycles. The summed E-state index contributed by atoms with van der Waals surface area (Å²) in [5.41, 5.74) is 4.44. The first-order valence-corrected chi connectivity index (χ1v) is 7.83. The van der Waals surface area contributed by atoms with Gasteiger partial charge in [-0.1, -0.05) is 36.7 Å². The minimum Gasteiger partial charge on any atom is -0.368 e. The second-order valence-electron chi connectivity index (χ2n) is 6.71. The van der Waals surface area contributed by atoms with Crippen molar-refractivity contribution in [2.75, 3.05) is 24.5 Å². The lowest BCUT2D eigenvalue weighted by Crippen LogP contribution is -2.56. The van der Waals surface area contributed by atoms with Crippen LogP contribution in [0.2, 0.25) is 0 Å². The second kappa shape index (κ2) is 5.45. The van der Waals surface area contributed by atoms with Gasteiger partial charge in [0.05, 0.1) is 0 Å². The summed E-state index contributed by atoms with van der Waals surface area (Å²) < 4.78 is 1.17. The summed E-state index contributed by atoms with van der Waals surface area (Å²) in [5, 5.41) is 3.66. The van der Waals surface area contributed by atoms with Crippen molar-refractivity contribution in [2.24, 2.45) is 5.41 Å². The Balaban J connectivity index is 2.27. The first-order valence-electron chi connectivity index (χ1n) is 7.04. The number of hydrogen-bond acceptors (Lipinski definition) is 2. The van der Waals surface area contributed by atoms with Crippen molar-refractivity contribution in [1.82, 2.24) is 5.32 Å². The molecule has 19 heavy (non-hydrogen) atoms. The third-order valence-corrected chi connectivity index (χ3v) is 4.45. The minimum absolute atomic E-state index is 0.301. The third-order valence-electron chi connectivity index (χ3n) is 3.99. The lowest BCUT2D eigenvalue weighted by Gasteiger charge is -2.42. The molecule has 1 aliphatic heterocycles. The van der Waals surface area contributed by atoms with Crippen molar-refractivity contribution < 1.29 is 0 Å². The molecule has 1 heterocycles. The molecule has 106 valence electrons. The molecule has 1 aromatic carbocycles. The summed E-state index contributed by atoms with van der Waals surface area (Å²) in [6.45, 7) is 14.6. The van der Waals surface area contributed by atoms with Gasteiger partial charge in [0.2, 0.25) is 0 Å². The first kappa shape index (κ1) is 14.9. The van der Waals surface area contributed by atoms with Crippen molar-refractivity contribution in [3.63, 3.8) is 0 Å². The largest absolute Gasteiger partial charge is 0.368 e. The van der Waals surface area contributed by atoms with E-state index in [9.17, 15) is 0 Å². The van der Waals surface area contributed by atoms with E-state index in [1.54, 1.807) is 0 Å². The van der Waals surface area contributed by atoms with E-state index in [2.05, 4.69) is 72.9 Å². The van der Waals surface area contributed by atoms with Gasteiger partial charge in [-0.05, 0) is 42.5 Å². The Morgan fingerprint density at radius 2 is 1.79 bits per heavy atom. The van der Waals surface area contributed by atoms with Crippen LogP contribution in [0.4, 0.5) is 5.69 Å². The Bertz CT molecular complexity index is 439. The van der Waals surface area contributed by atoms with Crippen LogP contribution in [0, 0.1) is 19.3 Å². The molecule has 1 unspecified atom stereocenters. The Morgan fingerprint density at radius 1 is 1.21 bits per heavy atom. The highest BCUT2D eigenvalue weighted by atomic mass is 79.9. The van der Waals surface area contributed by atoms with E-state index in [0.717, 1.165) is 19.6 Å². The van der Waals surface area contributed by atoms with Crippen LogP contribution in [-0.2, 0) is 0 Å². The highest BCUT2D eigenvalue weighted by Gasteiger charge is 2.30. The fraction of sp³-hybridized carbons (Fsp3) is 0.625. The van der Waals surface area contributed by atoms with Crippen LogP contribution in [0.5, 0.6) is 0 Å². The zero-order chi connectivity index (χ0) is 14.2. The summed E-state index contributed by atoms with van der Waals surface area (Å²) >= 11 is 3.58. The van der Waals surface area contributed by atoms with Crippen LogP contribution in [0.1, 0.15) is 31.9 Å². The highest BCUT2D eigenvalue weighted by Crippen LogP contribution is 2.31. The van der Waals surface area contributed by atoms with Gasteiger partial charge in [-0.15, -0.1) is 0 Å². The lowest BCUT2D eigenvalue weighted by atomic mass is 9.85. The topological polar surface area (TPSA) is 15.3 Å². The van der Waals surface area contributed by atoms with Crippen LogP contribution < -0.4 is 10.2 Å². The van der Waals surface area contributed by atoms with E-state index < -0.39 is 0 Å². The molecule has 1 aromatic rings. The Hall–Kier alpha value is -0.540. The maximum absolute atomic E-state index is 3.66. The van der Waals surface area contributed by atoms with Gasteiger partial charge >= 0.3 is 0 Å². The number of nitrogens with one attached hydrogen (secondary N) is 1. The first-order chi connectivity index (χ1) is 8.79. The molecule has 0 spiro atoms. The van der Waals surface area contributed by atoms with Crippen LogP contribution in [0.15, 0.2) is 16.6 Å². The predicted molar refractivity (Wildman–Crippen MR) is 87.1 cm³/mol. The van der Waals surface area contributed by atoms with Gasteiger partial charge in [0, 0.05) is 35.8 Å². The van der Waals surface area contributed by atoms with E-state index in [1.165, 1.54) is 21.3 Å². The number of anilines is 1. The molecule has 0 amide bonds. The molecule has 0 bridgehead atoms. The third kappa shape index (κ3) is 3.32. The zero-order valence-corrected chi connectivity index (χ0v) is 14.3. The summed E-state index contributed by atoms with van der Waals surface area (Å²) in [7, 11) is 0. The number of piperazine rings is 1. The average Bonchev–Trinajstić information content (AvgIpc) is 2.26. The molecule has 2 nitrogen and oxygen atoms in total. The highest BCUT2D eigenvalue weighted by molar-refractivity contribution is 9.10. The molecule has 3 heteroatoms. The van der Waals surface area contributed by atoms with Gasteiger partial charge in [-0.25, -0.2) is 0 Å². The quantitative estimate of drug-likeness (QED) is 0.843. The number of hydrogen-bond donors (Lipinski definition) is 1. The van der Waals surface area contributed by atoms with Gasteiger partial charge in [-0.2, -0.15) is 0 Å². The number of benzene rings is 1. The predicted octanol–water partition coefficient (Wildman–Crippen LogP) is 3.89. The van der Waals surface area contributed by atoms with Crippen molar-refractivity contribution in [1.29, 1.82) is 0 Å². The van der Waals surface area contributed by atoms with Crippen LogP contribution in [-0.4, -0.2) is 25.7 Å². The van der Waals surface area contributed by atoms with Crippen LogP contribution in [0.25, 0.3) is 0 Å². The maximum atomic E-state index is 3.66. The number of nitrogens with zero attached hydrogens (tertiary/aromatic N) is 1. The normalized spacial score (nSPS) is 20.7. The van der Waals surface area contributed by atoms with Gasteiger partial charge in [0.25, 0.3) is 0 Å². The number of rotatable bonds is 1. The molecule has 1 saturated heterocycles. The van der Waals surface area contributed by atoms with Crippen LogP contribution >= 0.6 is 15.9 Å². The molecular weight excluding hydrogens is 300 g/mol. The SMILES string of the molecule is Cc1cc(Br)cc(C)c1N1CCNC(C(C)(C)C)C1. The molecular formula is C16H25BrN2. The van der Waals surface area contributed by atoms with E-state index in [4.69, 9.17) is 0 Å². The zero-order valence-electron chi connectivity index (χ0n) is 12.7. The van der Waals surface area contributed by atoms with E-state index in [0.29, 0.717) is 11.5 Å². The van der Waals surface area contributed by atoms with Gasteiger partial charge in [0.15, 0.2) is 0 Å². The molecule has 1 atom stereocenters. The van der Waals surface area contributed by atoms with Crippen LogP contribution in [0.3, 0.4) is 0 Å². The van der Waals surface area contributed by atoms with Crippen molar-refractivity contribution >= 4 is 21.6 Å². The number of halogens is 1. The van der Waals surface area contributed by atoms with Crippen molar-refractivity contribution in [3.05, 3.63) is 27.7 Å². The second-order valence-corrected chi connectivity index (χ2v) is 7.62. The smallest absolute Gasteiger partial charge is 0.0427 e. The standard InChI is InChI=1S/C16H25BrN2/c1-11-8-13(17)9-12(2)15(11)19-7-6-18-14(10-19)16(3,4)5/h8-9,14,18H,6-7,10H2,1-5H3. The molecule has 1 aliphatic rings. The Labute approximate surface area is 125 Å². The van der Waals surface area contributed by atoms with E-state index >= 15 is 0 Å². The summed E-state index contributed by atoms with van der Waals surface area (Å²) in [4.78, 5) is 2.55. The van der Waals surface area contributed by atoms with E-state index in [1.807, 2.05) is 0 Å². The van der Waals surface area contributed by atoms with Gasteiger partial charge < -0.3 is 10.2 Å². The van der Waals surface area contributed by atoms with Crippen molar-refractivity contribution in [3.8, 4) is 0 Å². The Morgan fingerprint density at radius 3 is 2.32 bits per heavy atom. The maximum Gasteiger partial charge on any atom is 0.0427 e. The monoisotopic (exact) mass is 324 g/mol. The fourth-order valence-electron chi connectivity index (χ4n) is 2.93. The number of aryl methyl sites for hydroxylation is 2. The van der Waals surface area contributed by atoms with Gasteiger partial charge in [-0.3, -0.25) is 0 Å². The molecule has 1 N–H and O–H groups in total. The summed E-state index contributed by atoms with van der Waals surface area (Å²) in [6.07, 6.45) is 0. The fourth-order valence-corrected chi connectivity index (χ4v) is 3.62. The van der Waals surface area contributed by atoms with Gasteiger partial charge in [0.1, 0.15) is 0 Å². The molecule has 0 aromatic heterocycles. The Kier molecular flexibility index (Phi) is 4.26. The molecule has 1 fully saturated rings. The van der Waals surface area contributed by atoms with Crippen molar-refractivity contribution in [2.45, 2.75) is 40.7 Å². The molecule has 0 saturated carbocycles. The minimum atomic E-state index is 0.301. The summed E-state index contributed by atoms with van der Waals surface area (Å²) in [5.74, 6) is 0. The molecule has 2 rings (SSSR count). The molecule has 0 radical (unpaired) electrons. The lowest BCUT2D eigenvalue weighted by molar-refractivity contribution is 0.254. The van der Waals surface area contributed by atoms with E-state index in [-0.39, 0.29) is 0 Å². The average molecular weight is 325 g/mol. The summed E-state index contributed by atoms with van der Waals surface area (Å²) in [6, 6.07) is 4.98.